The Balaban J connectivity index is 0.000000304. The molecule has 0 spiro atoms. The summed E-state index contributed by atoms with van der Waals surface area (Å²) in [5, 5.41) is 11.5. The molecule has 94 valence electrons. The second kappa shape index (κ2) is 9.46. The SMILES string of the molecule is CCC=C(C)C(=O)O.CCNc1ccccc1. The molecule has 0 unspecified atom stereocenters. The van der Waals surface area contributed by atoms with E-state index in [0.717, 1.165) is 13.0 Å². The first-order valence-corrected chi connectivity index (χ1v) is 5.80. The van der Waals surface area contributed by atoms with Crippen LogP contribution in [0, 0.1) is 0 Å². The Hall–Kier alpha value is -1.77. The molecule has 0 radical (unpaired) electrons. The lowest BCUT2D eigenvalue weighted by Gasteiger charge is -1.99. The van der Waals surface area contributed by atoms with Crippen LogP contribution in [0.5, 0.6) is 0 Å². The third-order valence-electron chi connectivity index (χ3n) is 2.00. The predicted octanol–water partition coefficient (Wildman–Crippen LogP) is 3.55. The highest BCUT2D eigenvalue weighted by molar-refractivity contribution is 5.85. The van der Waals surface area contributed by atoms with E-state index in [4.69, 9.17) is 5.11 Å². The largest absolute Gasteiger partial charge is 0.478 e. The van der Waals surface area contributed by atoms with Crippen molar-refractivity contribution in [2.45, 2.75) is 27.2 Å². The van der Waals surface area contributed by atoms with Gasteiger partial charge < -0.3 is 10.4 Å². The lowest BCUT2D eigenvalue weighted by molar-refractivity contribution is -0.132. The highest BCUT2D eigenvalue weighted by Gasteiger charge is 1.94. The molecule has 17 heavy (non-hydrogen) atoms. The van der Waals surface area contributed by atoms with E-state index in [0.29, 0.717) is 5.57 Å². The molecule has 1 aromatic rings. The molecule has 0 aliphatic rings. The first-order valence-electron chi connectivity index (χ1n) is 5.80. The lowest BCUT2D eigenvalue weighted by Crippen LogP contribution is -1.94. The highest BCUT2D eigenvalue weighted by Crippen LogP contribution is 2.02. The Morgan fingerprint density at radius 1 is 1.29 bits per heavy atom. The molecule has 0 aliphatic carbocycles. The van der Waals surface area contributed by atoms with Crippen LogP contribution in [0.15, 0.2) is 42.0 Å². The fourth-order valence-electron chi connectivity index (χ4n) is 1.15. The molecule has 0 heterocycles. The fraction of sp³-hybridized carbons (Fsp3) is 0.357. The number of hydrogen-bond acceptors (Lipinski definition) is 2. The first-order chi connectivity index (χ1) is 8.11. The van der Waals surface area contributed by atoms with Crippen LogP contribution in [0.1, 0.15) is 27.2 Å². The Morgan fingerprint density at radius 3 is 2.24 bits per heavy atom. The molecule has 0 saturated carbocycles. The Kier molecular flexibility index (Phi) is 8.47. The van der Waals surface area contributed by atoms with Crippen molar-refractivity contribution in [2.75, 3.05) is 11.9 Å². The number of carboxylic acids is 1. The molecule has 0 aromatic heterocycles. The van der Waals surface area contributed by atoms with Crippen LogP contribution in [0.3, 0.4) is 0 Å². The predicted molar refractivity (Wildman–Crippen MR) is 72.3 cm³/mol. The Bertz CT molecular complexity index is 344. The van der Waals surface area contributed by atoms with Gasteiger partial charge in [-0.1, -0.05) is 31.2 Å². The van der Waals surface area contributed by atoms with Crippen molar-refractivity contribution in [3.63, 3.8) is 0 Å². The van der Waals surface area contributed by atoms with Crippen molar-refractivity contribution >= 4 is 11.7 Å². The van der Waals surface area contributed by atoms with Gasteiger partial charge in [-0.25, -0.2) is 4.79 Å². The molecule has 0 aliphatic heterocycles. The number of anilines is 1. The van der Waals surface area contributed by atoms with Gasteiger partial charge in [0.1, 0.15) is 0 Å². The summed E-state index contributed by atoms with van der Waals surface area (Å²) in [4.78, 5) is 10.0. The maximum Gasteiger partial charge on any atom is 0.330 e. The summed E-state index contributed by atoms with van der Waals surface area (Å²) in [5.41, 5.74) is 1.62. The zero-order valence-electron chi connectivity index (χ0n) is 10.7. The molecule has 0 bridgehead atoms. The summed E-state index contributed by atoms with van der Waals surface area (Å²) in [6, 6.07) is 10.2. The Morgan fingerprint density at radius 2 is 1.88 bits per heavy atom. The second-order valence-corrected chi connectivity index (χ2v) is 3.50. The third-order valence-corrected chi connectivity index (χ3v) is 2.00. The van der Waals surface area contributed by atoms with E-state index in [1.54, 1.807) is 13.0 Å². The van der Waals surface area contributed by atoms with Gasteiger partial charge in [-0.15, -0.1) is 0 Å². The molecule has 2 N–H and O–H groups in total. The number of carboxylic acid groups (broad SMARTS) is 1. The summed E-state index contributed by atoms with van der Waals surface area (Å²) in [6.07, 6.45) is 2.47. The minimum Gasteiger partial charge on any atom is -0.478 e. The van der Waals surface area contributed by atoms with Crippen LogP contribution in [-0.2, 0) is 4.79 Å². The maximum atomic E-state index is 10.0. The van der Waals surface area contributed by atoms with Crippen molar-refractivity contribution in [2.24, 2.45) is 0 Å². The summed E-state index contributed by atoms with van der Waals surface area (Å²) in [7, 11) is 0. The quantitative estimate of drug-likeness (QED) is 0.785. The molecule has 0 saturated heterocycles. The van der Waals surface area contributed by atoms with Crippen molar-refractivity contribution in [3.05, 3.63) is 42.0 Å². The average molecular weight is 235 g/mol. The molecule has 0 fully saturated rings. The van der Waals surface area contributed by atoms with Crippen molar-refractivity contribution in [3.8, 4) is 0 Å². The smallest absolute Gasteiger partial charge is 0.330 e. The topological polar surface area (TPSA) is 49.3 Å². The molecule has 0 atom stereocenters. The Labute approximate surface area is 103 Å². The second-order valence-electron chi connectivity index (χ2n) is 3.50. The molecular formula is C14H21NO2. The van der Waals surface area contributed by atoms with Crippen LogP contribution < -0.4 is 5.32 Å². The molecule has 1 aromatic carbocycles. The number of hydrogen-bond donors (Lipinski definition) is 2. The van der Waals surface area contributed by atoms with E-state index in [9.17, 15) is 4.79 Å². The van der Waals surface area contributed by atoms with Crippen molar-refractivity contribution in [1.29, 1.82) is 0 Å². The van der Waals surface area contributed by atoms with Gasteiger partial charge in [-0.3, -0.25) is 0 Å². The van der Waals surface area contributed by atoms with E-state index >= 15 is 0 Å². The zero-order valence-corrected chi connectivity index (χ0v) is 10.7. The summed E-state index contributed by atoms with van der Waals surface area (Å²) >= 11 is 0. The third kappa shape index (κ3) is 8.08. The molecule has 3 heteroatoms. The van der Waals surface area contributed by atoms with Crippen molar-refractivity contribution < 1.29 is 9.90 Å². The van der Waals surface area contributed by atoms with E-state index in [1.165, 1.54) is 5.69 Å². The number of para-hydroxylation sites is 1. The molecule has 3 nitrogen and oxygen atoms in total. The van der Waals surface area contributed by atoms with Crippen LogP contribution >= 0.6 is 0 Å². The number of carbonyl (C=O) groups is 1. The summed E-state index contributed by atoms with van der Waals surface area (Å²) < 4.78 is 0. The first kappa shape index (κ1) is 15.2. The zero-order chi connectivity index (χ0) is 13.1. The number of benzene rings is 1. The van der Waals surface area contributed by atoms with Crippen LogP contribution in [0.25, 0.3) is 0 Å². The van der Waals surface area contributed by atoms with E-state index in [2.05, 4.69) is 24.4 Å². The van der Waals surface area contributed by atoms with E-state index in [1.807, 2.05) is 25.1 Å². The number of aliphatic carboxylic acids is 1. The highest BCUT2D eigenvalue weighted by atomic mass is 16.4. The average Bonchev–Trinajstić information content (AvgIpc) is 2.32. The van der Waals surface area contributed by atoms with Crippen LogP contribution in [0.4, 0.5) is 5.69 Å². The van der Waals surface area contributed by atoms with Gasteiger partial charge in [-0.2, -0.15) is 0 Å². The van der Waals surface area contributed by atoms with Crippen LogP contribution in [-0.4, -0.2) is 17.6 Å². The number of rotatable bonds is 4. The van der Waals surface area contributed by atoms with Gasteiger partial charge >= 0.3 is 5.97 Å². The van der Waals surface area contributed by atoms with Gasteiger partial charge in [0.25, 0.3) is 0 Å². The summed E-state index contributed by atoms with van der Waals surface area (Å²) in [5.74, 6) is -0.827. The van der Waals surface area contributed by atoms with Gasteiger partial charge in [0.05, 0.1) is 0 Å². The standard InChI is InChI=1S/C8H11N.C6H10O2/c1-2-9-8-6-4-3-5-7-8;1-3-4-5(2)6(7)8/h3-7,9H,2H2,1H3;4H,3H2,1-2H3,(H,7,8). The number of nitrogens with one attached hydrogen (secondary N) is 1. The van der Waals surface area contributed by atoms with Crippen LogP contribution in [0.2, 0.25) is 0 Å². The van der Waals surface area contributed by atoms with Gasteiger partial charge in [0, 0.05) is 17.8 Å². The normalized spacial score (nSPS) is 10.2. The van der Waals surface area contributed by atoms with Gasteiger partial charge in [-0.05, 0) is 32.4 Å². The maximum absolute atomic E-state index is 10.0. The molecule has 0 amide bonds. The van der Waals surface area contributed by atoms with Gasteiger partial charge in [0.2, 0.25) is 0 Å². The summed E-state index contributed by atoms with van der Waals surface area (Å²) in [6.45, 7) is 6.58. The van der Waals surface area contributed by atoms with E-state index in [-0.39, 0.29) is 0 Å². The minimum atomic E-state index is -0.827. The lowest BCUT2D eigenvalue weighted by atomic mass is 10.2. The van der Waals surface area contributed by atoms with Gasteiger partial charge in [0.15, 0.2) is 0 Å². The number of allylic oxidation sites excluding steroid dienone is 1. The van der Waals surface area contributed by atoms with E-state index < -0.39 is 5.97 Å². The minimum absolute atomic E-state index is 0.424. The monoisotopic (exact) mass is 235 g/mol. The fourth-order valence-corrected chi connectivity index (χ4v) is 1.15. The molecule has 1 rings (SSSR count). The molecular weight excluding hydrogens is 214 g/mol. The van der Waals surface area contributed by atoms with Crippen molar-refractivity contribution in [1.82, 2.24) is 0 Å².